The lowest BCUT2D eigenvalue weighted by Gasteiger charge is -2.54. The standard InChI is InChI=1S/C68H78O11/c1-41(38-70)52-27-21-42-19-22-43(23-20-42)53-28-25-47(46-13-9-16-51(36-46)67-32-8-7-15-50(67)26-24-45-12-3-5-17-56(45)67)35-49(53)37-59(72)76-63-61-58(79-68(64(63)78-65(52)73)33-10-14-44-11-4-6-18-57(44)68)30-29-54-55(39-71)60(66(74)77-62(54)61)48(31-34-69)40-75-2/h3,5,9-10,12-14,16-17,19-20,22-23,29-30,36,44,47-50,53,57,63-64,69-71H,4,6-8,11,15,18,21,24-28,31-35,37-40H2,1-2H3. The van der Waals surface area contributed by atoms with Crippen molar-refractivity contribution in [2.45, 2.75) is 170 Å². The van der Waals surface area contributed by atoms with Crippen molar-refractivity contribution in [3.63, 3.8) is 0 Å². The molecule has 11 atom stereocenters. The number of aryl methyl sites for hydroxylation is 2. The second-order valence-corrected chi connectivity index (χ2v) is 24.4. The lowest BCUT2D eigenvalue weighted by atomic mass is 9.54. The molecule has 0 saturated heterocycles. The molecule has 11 heteroatoms. The summed E-state index contributed by atoms with van der Waals surface area (Å²) in [4.78, 5) is 45.4. The van der Waals surface area contributed by atoms with Gasteiger partial charge in [0.15, 0.2) is 17.8 Å². The third kappa shape index (κ3) is 9.62. The number of methoxy groups -OCH3 is 1. The summed E-state index contributed by atoms with van der Waals surface area (Å²) in [6.45, 7) is 0.751. The van der Waals surface area contributed by atoms with Gasteiger partial charge in [0.1, 0.15) is 11.3 Å². The van der Waals surface area contributed by atoms with E-state index in [9.17, 15) is 20.1 Å². The minimum atomic E-state index is -1.30. The molecule has 0 radical (unpaired) electrons. The Balaban J connectivity index is 0.988. The normalized spacial score (nSPS) is 30.6. The fourth-order valence-corrected chi connectivity index (χ4v) is 16.6. The summed E-state index contributed by atoms with van der Waals surface area (Å²) in [7, 11) is 1.52. The molecule has 8 aliphatic rings. The van der Waals surface area contributed by atoms with Crippen LogP contribution in [0.4, 0.5) is 0 Å². The van der Waals surface area contributed by atoms with E-state index >= 15 is 9.59 Å². The van der Waals surface area contributed by atoms with E-state index in [-0.39, 0.29) is 84.4 Å². The van der Waals surface area contributed by atoms with E-state index < -0.39 is 47.9 Å². The topological polar surface area (TPSA) is 162 Å². The van der Waals surface area contributed by atoms with Gasteiger partial charge >= 0.3 is 17.6 Å². The zero-order valence-electron chi connectivity index (χ0n) is 46.1. The number of esters is 2. The number of ether oxygens (including phenoxy) is 4. The Morgan fingerprint density at radius 3 is 2.48 bits per heavy atom. The molecule has 11 nitrogen and oxygen atoms in total. The van der Waals surface area contributed by atoms with Gasteiger partial charge in [0.25, 0.3) is 0 Å². The Hall–Kier alpha value is -5.85. The molecule has 5 aliphatic carbocycles. The highest BCUT2D eigenvalue weighted by Crippen LogP contribution is 2.58. The van der Waals surface area contributed by atoms with Gasteiger partial charge in [-0.15, -0.1) is 0 Å². The third-order valence-electron chi connectivity index (χ3n) is 20.4. The second kappa shape index (κ2) is 22.6. The number of aliphatic hydroxyl groups excluding tert-OH is 3. The second-order valence-electron chi connectivity index (χ2n) is 24.4. The average molecular weight is 1070 g/mol. The molecule has 1 spiro atoms. The van der Waals surface area contributed by atoms with Crippen molar-refractivity contribution in [3.05, 3.63) is 169 Å². The van der Waals surface area contributed by atoms with Crippen molar-refractivity contribution >= 4 is 22.9 Å². The molecular weight excluding hydrogens is 993 g/mol. The van der Waals surface area contributed by atoms with Gasteiger partial charge < -0.3 is 38.7 Å². The molecule has 3 saturated carbocycles. The summed E-state index contributed by atoms with van der Waals surface area (Å²) < 4.78 is 33.4. The largest absolute Gasteiger partial charge is 0.482 e. The molecule has 79 heavy (non-hydrogen) atoms. The maximum absolute atomic E-state index is 15.7. The molecule has 5 aromatic rings. The Morgan fingerprint density at radius 1 is 0.823 bits per heavy atom. The number of rotatable bonds is 9. The molecule has 3 aliphatic heterocycles. The van der Waals surface area contributed by atoms with Crippen LogP contribution in [0, 0.1) is 23.7 Å². The first-order valence-corrected chi connectivity index (χ1v) is 29.7. The molecule has 2 bridgehead atoms. The van der Waals surface area contributed by atoms with Crippen LogP contribution in [-0.2, 0) is 48.7 Å². The lowest BCUT2D eigenvalue weighted by molar-refractivity contribution is -0.208. The summed E-state index contributed by atoms with van der Waals surface area (Å²) in [5.41, 5.74) is 7.71. The number of carbonyl (C=O) groups is 2. The Kier molecular flexibility index (Phi) is 15.4. The smallest absolute Gasteiger partial charge is 0.340 e. The SMILES string of the molecule is COCC(CCO)c1c(CO)c2ccc3c(c2oc1=O)C1OC(=O)CC2CC(c4cccc(C56CCCCC5CCc5ccccc56)c4)CCC2c2ccc(cc2)CCC(=C(C)CO)C(=O)OC1C1(CC=CC2CCCCC21)O3. The summed E-state index contributed by atoms with van der Waals surface area (Å²) in [5, 5.41) is 32.4. The van der Waals surface area contributed by atoms with E-state index in [1.165, 1.54) is 60.6 Å². The van der Waals surface area contributed by atoms with Crippen LogP contribution in [-0.4, -0.2) is 65.9 Å². The molecule has 0 amide bonds. The number of hydrogen-bond acceptors (Lipinski definition) is 11. The van der Waals surface area contributed by atoms with Crippen LogP contribution >= 0.6 is 0 Å². The zero-order chi connectivity index (χ0) is 54.4. The van der Waals surface area contributed by atoms with Gasteiger partial charge in [-0.1, -0.05) is 111 Å². The van der Waals surface area contributed by atoms with Gasteiger partial charge in [0, 0.05) is 60.3 Å². The molecule has 4 heterocycles. The number of benzene rings is 4. The number of allylic oxidation sites excluding steroid dienone is 1. The van der Waals surface area contributed by atoms with E-state index in [1.54, 1.807) is 13.0 Å². The zero-order valence-corrected chi connectivity index (χ0v) is 46.1. The lowest BCUT2D eigenvalue weighted by Crippen LogP contribution is -2.62. The van der Waals surface area contributed by atoms with E-state index in [2.05, 4.69) is 84.9 Å². The minimum absolute atomic E-state index is 0.0157. The van der Waals surface area contributed by atoms with Crippen LogP contribution < -0.4 is 10.4 Å². The first-order valence-electron chi connectivity index (χ1n) is 29.7. The maximum atomic E-state index is 15.7. The average Bonchev–Trinajstić information content (AvgIpc) is 3.51. The fourth-order valence-electron chi connectivity index (χ4n) is 16.6. The summed E-state index contributed by atoms with van der Waals surface area (Å²) in [5.74, 6) is -0.584. The molecule has 416 valence electrons. The van der Waals surface area contributed by atoms with Crippen molar-refractivity contribution in [3.8, 4) is 5.75 Å². The number of aliphatic hydroxyl groups is 3. The minimum Gasteiger partial charge on any atom is -0.482 e. The Morgan fingerprint density at radius 2 is 1.66 bits per heavy atom. The summed E-state index contributed by atoms with van der Waals surface area (Å²) in [6.07, 6.45) is 16.9. The third-order valence-corrected chi connectivity index (χ3v) is 20.4. The van der Waals surface area contributed by atoms with Crippen LogP contribution in [0.5, 0.6) is 5.75 Å². The van der Waals surface area contributed by atoms with Crippen molar-refractivity contribution in [2.24, 2.45) is 23.7 Å². The first kappa shape index (κ1) is 53.8. The van der Waals surface area contributed by atoms with Gasteiger partial charge in [-0.25, -0.2) is 9.59 Å². The monoisotopic (exact) mass is 1070 g/mol. The van der Waals surface area contributed by atoms with Crippen molar-refractivity contribution in [1.82, 2.24) is 0 Å². The first-order chi connectivity index (χ1) is 38.6. The molecule has 3 N–H and O–H groups in total. The van der Waals surface area contributed by atoms with Crippen LogP contribution in [0.3, 0.4) is 0 Å². The number of hydrogen-bond donors (Lipinski definition) is 3. The van der Waals surface area contributed by atoms with E-state index in [0.29, 0.717) is 53.0 Å². The molecule has 4 aromatic carbocycles. The number of carbonyl (C=O) groups excluding carboxylic acids is 2. The van der Waals surface area contributed by atoms with Gasteiger partial charge in [0.2, 0.25) is 0 Å². The number of fused-ring (bicyclic) bond motifs is 16. The van der Waals surface area contributed by atoms with Gasteiger partial charge in [-0.2, -0.15) is 0 Å². The van der Waals surface area contributed by atoms with Crippen molar-refractivity contribution in [1.29, 1.82) is 0 Å². The van der Waals surface area contributed by atoms with Crippen LogP contribution in [0.25, 0.3) is 11.0 Å². The summed E-state index contributed by atoms with van der Waals surface area (Å²) >= 11 is 0. The predicted molar refractivity (Wildman–Crippen MR) is 302 cm³/mol. The molecule has 3 fully saturated rings. The molecule has 13 rings (SSSR count). The van der Waals surface area contributed by atoms with Crippen LogP contribution in [0.15, 0.2) is 117 Å². The Bertz CT molecular complexity index is 3200. The van der Waals surface area contributed by atoms with E-state index in [1.807, 2.05) is 6.07 Å². The quantitative estimate of drug-likeness (QED) is 0.0557. The van der Waals surface area contributed by atoms with Crippen LogP contribution in [0.1, 0.15) is 184 Å². The fraction of sp³-hybridized carbons (Fsp3) is 0.515. The van der Waals surface area contributed by atoms with Crippen molar-refractivity contribution < 1.29 is 48.3 Å². The van der Waals surface area contributed by atoms with Crippen LogP contribution in [0.2, 0.25) is 0 Å². The van der Waals surface area contributed by atoms with Gasteiger partial charge in [0.05, 0.1) is 25.4 Å². The Labute approximate surface area is 464 Å². The summed E-state index contributed by atoms with van der Waals surface area (Å²) in [6, 6.07) is 30.9. The maximum Gasteiger partial charge on any atom is 0.340 e. The molecule has 11 unspecified atom stereocenters. The van der Waals surface area contributed by atoms with Gasteiger partial charge in [-0.05, 0) is 170 Å². The van der Waals surface area contributed by atoms with Crippen molar-refractivity contribution in [2.75, 3.05) is 26.9 Å². The highest BCUT2D eigenvalue weighted by atomic mass is 16.6. The van der Waals surface area contributed by atoms with E-state index in [0.717, 1.165) is 63.4 Å². The highest BCUT2D eigenvalue weighted by molar-refractivity contribution is 5.90. The molecular formula is C68H78O11. The predicted octanol–water partition coefficient (Wildman–Crippen LogP) is 12.2. The molecule has 1 aromatic heterocycles. The van der Waals surface area contributed by atoms with Gasteiger partial charge in [-0.3, -0.25) is 4.79 Å². The highest BCUT2D eigenvalue weighted by Gasteiger charge is 2.61. The van der Waals surface area contributed by atoms with E-state index in [4.69, 9.17) is 23.4 Å².